The standard InChI is InChI=1S/C15H29N/c1-3-15(10-6-7-11-15)12-16-14-9-5-4-8-13(14)2/h13-14,16H,3-12H2,1-2H3. The van der Waals surface area contributed by atoms with Crippen LogP contribution in [0.25, 0.3) is 0 Å². The van der Waals surface area contributed by atoms with E-state index in [1.165, 1.54) is 64.3 Å². The Hall–Kier alpha value is -0.0400. The molecule has 2 saturated carbocycles. The van der Waals surface area contributed by atoms with Crippen LogP contribution in [0.3, 0.4) is 0 Å². The van der Waals surface area contributed by atoms with Gasteiger partial charge in [0, 0.05) is 12.6 Å². The van der Waals surface area contributed by atoms with Crippen molar-refractivity contribution in [1.29, 1.82) is 0 Å². The summed E-state index contributed by atoms with van der Waals surface area (Å²) in [5.74, 6) is 0.907. The van der Waals surface area contributed by atoms with Crippen LogP contribution in [0.15, 0.2) is 0 Å². The Bertz CT molecular complexity index is 205. The first-order valence-electron chi connectivity index (χ1n) is 7.49. The van der Waals surface area contributed by atoms with Crippen molar-refractivity contribution in [3.8, 4) is 0 Å². The van der Waals surface area contributed by atoms with Crippen LogP contribution in [-0.4, -0.2) is 12.6 Å². The highest BCUT2D eigenvalue weighted by Gasteiger charge is 2.33. The number of hydrogen-bond acceptors (Lipinski definition) is 1. The maximum Gasteiger partial charge on any atom is 0.00929 e. The van der Waals surface area contributed by atoms with E-state index in [2.05, 4.69) is 19.2 Å². The average molecular weight is 223 g/mol. The second-order valence-corrected chi connectivity index (χ2v) is 6.31. The third kappa shape index (κ3) is 2.80. The van der Waals surface area contributed by atoms with Crippen LogP contribution in [0.1, 0.15) is 71.6 Å². The molecule has 1 heteroatoms. The molecule has 0 bridgehead atoms. The summed E-state index contributed by atoms with van der Waals surface area (Å²) < 4.78 is 0. The summed E-state index contributed by atoms with van der Waals surface area (Å²) in [7, 11) is 0. The van der Waals surface area contributed by atoms with Crippen molar-refractivity contribution in [2.45, 2.75) is 77.7 Å². The molecule has 0 heterocycles. The summed E-state index contributed by atoms with van der Waals surface area (Å²) >= 11 is 0. The zero-order chi connectivity index (χ0) is 11.4. The molecule has 2 atom stereocenters. The van der Waals surface area contributed by atoms with Gasteiger partial charge in [0.05, 0.1) is 0 Å². The SMILES string of the molecule is CCC1(CNC2CCCCC2C)CCCC1. The Balaban J connectivity index is 1.80. The molecule has 2 rings (SSSR count). The minimum Gasteiger partial charge on any atom is -0.313 e. The lowest BCUT2D eigenvalue weighted by Gasteiger charge is -2.35. The van der Waals surface area contributed by atoms with Crippen molar-refractivity contribution in [1.82, 2.24) is 5.32 Å². The Morgan fingerprint density at radius 1 is 1.06 bits per heavy atom. The van der Waals surface area contributed by atoms with E-state index in [4.69, 9.17) is 0 Å². The quantitative estimate of drug-likeness (QED) is 0.756. The highest BCUT2D eigenvalue weighted by molar-refractivity contribution is 4.88. The molecule has 2 unspecified atom stereocenters. The van der Waals surface area contributed by atoms with E-state index in [1.807, 2.05) is 0 Å². The van der Waals surface area contributed by atoms with E-state index in [0.29, 0.717) is 5.41 Å². The summed E-state index contributed by atoms with van der Waals surface area (Å²) in [6.07, 6.45) is 13.0. The molecule has 0 aliphatic heterocycles. The van der Waals surface area contributed by atoms with E-state index in [-0.39, 0.29) is 0 Å². The van der Waals surface area contributed by atoms with Gasteiger partial charge in [-0.2, -0.15) is 0 Å². The van der Waals surface area contributed by atoms with E-state index >= 15 is 0 Å². The van der Waals surface area contributed by atoms with Crippen molar-refractivity contribution >= 4 is 0 Å². The van der Waals surface area contributed by atoms with Crippen LogP contribution in [0.5, 0.6) is 0 Å². The number of hydrogen-bond donors (Lipinski definition) is 1. The summed E-state index contributed by atoms with van der Waals surface area (Å²) in [4.78, 5) is 0. The molecule has 1 nitrogen and oxygen atoms in total. The average Bonchev–Trinajstić information content (AvgIpc) is 2.78. The molecule has 2 aliphatic carbocycles. The molecule has 2 aliphatic rings. The van der Waals surface area contributed by atoms with Gasteiger partial charge in [0.25, 0.3) is 0 Å². The Labute approximate surface area is 101 Å². The van der Waals surface area contributed by atoms with Gasteiger partial charge in [-0.1, -0.05) is 39.5 Å². The molecule has 0 saturated heterocycles. The third-order valence-corrected chi connectivity index (χ3v) is 5.26. The van der Waals surface area contributed by atoms with Gasteiger partial charge in [-0.3, -0.25) is 0 Å². The van der Waals surface area contributed by atoms with Crippen LogP contribution in [0.4, 0.5) is 0 Å². The fraction of sp³-hybridized carbons (Fsp3) is 1.00. The molecule has 0 aromatic heterocycles. The van der Waals surface area contributed by atoms with Crippen LogP contribution >= 0.6 is 0 Å². The molecule has 1 N–H and O–H groups in total. The fourth-order valence-electron chi connectivity index (χ4n) is 3.75. The van der Waals surface area contributed by atoms with Gasteiger partial charge in [-0.15, -0.1) is 0 Å². The summed E-state index contributed by atoms with van der Waals surface area (Å²) in [6.45, 7) is 6.11. The van der Waals surface area contributed by atoms with E-state index in [1.54, 1.807) is 0 Å². The molecule has 2 fully saturated rings. The Morgan fingerprint density at radius 3 is 2.38 bits per heavy atom. The van der Waals surface area contributed by atoms with E-state index in [0.717, 1.165) is 12.0 Å². The highest BCUT2D eigenvalue weighted by Crippen LogP contribution is 2.40. The minimum absolute atomic E-state index is 0.664. The smallest absolute Gasteiger partial charge is 0.00929 e. The normalized spacial score (nSPS) is 34.1. The molecule has 0 spiro atoms. The predicted octanol–water partition coefficient (Wildman–Crippen LogP) is 4.13. The van der Waals surface area contributed by atoms with Crippen LogP contribution in [-0.2, 0) is 0 Å². The molecular weight excluding hydrogens is 194 g/mol. The monoisotopic (exact) mass is 223 g/mol. The molecule has 0 aromatic rings. The van der Waals surface area contributed by atoms with Crippen LogP contribution in [0, 0.1) is 11.3 Å². The van der Waals surface area contributed by atoms with Crippen LogP contribution in [0.2, 0.25) is 0 Å². The van der Waals surface area contributed by atoms with Crippen molar-refractivity contribution in [3.05, 3.63) is 0 Å². The van der Waals surface area contributed by atoms with Crippen LogP contribution < -0.4 is 5.32 Å². The van der Waals surface area contributed by atoms with Gasteiger partial charge in [-0.05, 0) is 43.4 Å². The number of rotatable bonds is 4. The van der Waals surface area contributed by atoms with Gasteiger partial charge in [0.2, 0.25) is 0 Å². The van der Waals surface area contributed by atoms with Crippen molar-refractivity contribution in [3.63, 3.8) is 0 Å². The molecule has 16 heavy (non-hydrogen) atoms. The van der Waals surface area contributed by atoms with Crippen molar-refractivity contribution in [2.24, 2.45) is 11.3 Å². The lowest BCUT2D eigenvalue weighted by atomic mass is 9.81. The first kappa shape index (κ1) is 12.4. The second-order valence-electron chi connectivity index (χ2n) is 6.31. The first-order chi connectivity index (χ1) is 7.76. The predicted molar refractivity (Wildman–Crippen MR) is 70.6 cm³/mol. The zero-order valence-corrected chi connectivity index (χ0v) is 11.2. The maximum absolute atomic E-state index is 3.91. The molecule has 0 radical (unpaired) electrons. The highest BCUT2D eigenvalue weighted by atomic mass is 14.9. The molecule has 0 amide bonds. The number of nitrogens with one attached hydrogen (secondary N) is 1. The maximum atomic E-state index is 3.91. The van der Waals surface area contributed by atoms with Crippen molar-refractivity contribution in [2.75, 3.05) is 6.54 Å². The van der Waals surface area contributed by atoms with Gasteiger partial charge in [-0.25, -0.2) is 0 Å². The topological polar surface area (TPSA) is 12.0 Å². The summed E-state index contributed by atoms with van der Waals surface area (Å²) in [5.41, 5.74) is 0.664. The van der Waals surface area contributed by atoms with Gasteiger partial charge < -0.3 is 5.32 Å². The zero-order valence-electron chi connectivity index (χ0n) is 11.2. The summed E-state index contributed by atoms with van der Waals surface area (Å²) in [6, 6.07) is 0.817. The third-order valence-electron chi connectivity index (χ3n) is 5.26. The van der Waals surface area contributed by atoms with Gasteiger partial charge in [0.15, 0.2) is 0 Å². The van der Waals surface area contributed by atoms with E-state index in [9.17, 15) is 0 Å². The fourth-order valence-corrected chi connectivity index (χ4v) is 3.75. The van der Waals surface area contributed by atoms with Crippen molar-refractivity contribution < 1.29 is 0 Å². The lowest BCUT2D eigenvalue weighted by Crippen LogP contribution is -2.42. The Morgan fingerprint density at radius 2 is 1.75 bits per heavy atom. The lowest BCUT2D eigenvalue weighted by molar-refractivity contribution is 0.212. The van der Waals surface area contributed by atoms with Gasteiger partial charge >= 0.3 is 0 Å². The molecular formula is C15H29N. The van der Waals surface area contributed by atoms with E-state index < -0.39 is 0 Å². The molecule has 0 aromatic carbocycles. The second kappa shape index (κ2) is 5.53. The largest absolute Gasteiger partial charge is 0.313 e. The Kier molecular flexibility index (Phi) is 4.29. The van der Waals surface area contributed by atoms with Gasteiger partial charge in [0.1, 0.15) is 0 Å². The summed E-state index contributed by atoms with van der Waals surface area (Å²) in [5, 5.41) is 3.91. The minimum atomic E-state index is 0.664. The molecule has 94 valence electrons. The first-order valence-corrected chi connectivity index (χ1v) is 7.49.